The van der Waals surface area contributed by atoms with Crippen molar-refractivity contribution in [1.29, 1.82) is 0 Å². The highest BCUT2D eigenvalue weighted by atomic mass is 32.2. The third kappa shape index (κ3) is 4.30. The summed E-state index contributed by atoms with van der Waals surface area (Å²) in [6.07, 6.45) is 1.52. The molecule has 1 aromatic carbocycles. The van der Waals surface area contributed by atoms with E-state index in [1.807, 2.05) is 24.3 Å². The topological polar surface area (TPSA) is 70.5 Å². The first kappa shape index (κ1) is 15.5. The predicted molar refractivity (Wildman–Crippen MR) is 84.8 cm³/mol. The Hall–Kier alpha value is -1.86. The molecule has 0 saturated carbocycles. The van der Waals surface area contributed by atoms with Gasteiger partial charge >= 0.3 is 5.97 Å². The van der Waals surface area contributed by atoms with Gasteiger partial charge in [-0.2, -0.15) is 0 Å². The first-order valence-corrected chi connectivity index (χ1v) is 7.99. The Balaban J connectivity index is 1.98. The molecule has 0 bridgehead atoms. The second-order valence-electron chi connectivity index (χ2n) is 4.19. The first-order chi connectivity index (χ1) is 10.1. The third-order valence-electron chi connectivity index (χ3n) is 2.62. The molecule has 0 aliphatic rings. The maximum absolute atomic E-state index is 12.0. The molecule has 110 valence electrons. The molecule has 0 aliphatic heterocycles. The van der Waals surface area contributed by atoms with E-state index in [2.05, 4.69) is 11.6 Å². The monoisotopic (exact) mass is 322 g/mol. The Labute approximate surface area is 130 Å². The average Bonchev–Trinajstić information content (AvgIpc) is 2.86. The summed E-state index contributed by atoms with van der Waals surface area (Å²) < 4.78 is 1.87. The molecule has 0 aliphatic carbocycles. The van der Waals surface area contributed by atoms with E-state index in [1.165, 1.54) is 34.1 Å². The highest BCUT2D eigenvalue weighted by Gasteiger charge is 2.16. The number of thioether (sulfide) groups is 1. The van der Waals surface area contributed by atoms with E-state index in [0.717, 1.165) is 14.6 Å². The lowest BCUT2D eigenvalue weighted by Crippen LogP contribution is -2.36. The van der Waals surface area contributed by atoms with E-state index in [0.29, 0.717) is 0 Å². The van der Waals surface area contributed by atoms with Crippen LogP contribution in [0, 0.1) is 0 Å². The Morgan fingerprint density at radius 2 is 2.19 bits per heavy atom. The number of carbonyl (C=O) groups is 2. The van der Waals surface area contributed by atoms with E-state index in [-0.39, 0.29) is 24.7 Å². The average molecular weight is 322 g/mol. The standard InChI is InChI=1S/C14H14N2O3S2/c1-2-7-16(8-13(18)19)12(17)9-20-14-15-10-5-3-4-6-11(10)21-14/h2-6H,1,7-9H2,(H,18,19). The smallest absolute Gasteiger partial charge is 0.323 e. The van der Waals surface area contributed by atoms with Crippen LogP contribution in [0.4, 0.5) is 0 Å². The minimum absolute atomic E-state index is 0.168. The van der Waals surface area contributed by atoms with E-state index < -0.39 is 5.97 Å². The lowest BCUT2D eigenvalue weighted by atomic mass is 10.3. The molecule has 7 heteroatoms. The number of hydrogen-bond acceptors (Lipinski definition) is 5. The highest BCUT2D eigenvalue weighted by Crippen LogP contribution is 2.29. The van der Waals surface area contributed by atoms with Gasteiger partial charge in [-0.25, -0.2) is 4.98 Å². The zero-order valence-electron chi connectivity index (χ0n) is 11.2. The number of aliphatic carboxylic acids is 1. The van der Waals surface area contributed by atoms with Gasteiger partial charge in [0, 0.05) is 6.54 Å². The molecule has 1 heterocycles. The third-order valence-corrected chi connectivity index (χ3v) is 4.79. The van der Waals surface area contributed by atoms with E-state index >= 15 is 0 Å². The lowest BCUT2D eigenvalue weighted by Gasteiger charge is -2.18. The summed E-state index contributed by atoms with van der Waals surface area (Å²) in [6, 6.07) is 7.76. The number of carbonyl (C=O) groups excluding carboxylic acids is 1. The van der Waals surface area contributed by atoms with Crippen LogP contribution in [0.2, 0.25) is 0 Å². The zero-order chi connectivity index (χ0) is 15.2. The summed E-state index contributed by atoms with van der Waals surface area (Å²) in [4.78, 5) is 28.4. The van der Waals surface area contributed by atoms with Crippen molar-refractivity contribution in [1.82, 2.24) is 9.88 Å². The number of carboxylic acid groups (broad SMARTS) is 1. The normalized spacial score (nSPS) is 10.5. The van der Waals surface area contributed by atoms with Gasteiger partial charge in [0.25, 0.3) is 0 Å². The molecule has 0 unspecified atom stereocenters. The number of thiazole rings is 1. The van der Waals surface area contributed by atoms with Crippen molar-refractivity contribution in [3.8, 4) is 0 Å². The maximum atomic E-state index is 12.0. The number of para-hydroxylation sites is 1. The second kappa shape index (κ2) is 7.24. The number of fused-ring (bicyclic) bond motifs is 1. The summed E-state index contributed by atoms with van der Waals surface area (Å²) in [5.74, 6) is -1.10. The van der Waals surface area contributed by atoms with Crippen LogP contribution in [0.3, 0.4) is 0 Å². The van der Waals surface area contributed by atoms with Crippen LogP contribution in [0.5, 0.6) is 0 Å². The molecule has 21 heavy (non-hydrogen) atoms. The van der Waals surface area contributed by atoms with Gasteiger partial charge in [-0.1, -0.05) is 30.0 Å². The van der Waals surface area contributed by atoms with Gasteiger partial charge in [0.05, 0.1) is 16.0 Å². The summed E-state index contributed by atoms with van der Waals surface area (Å²) >= 11 is 2.85. The van der Waals surface area contributed by atoms with Crippen LogP contribution in [-0.2, 0) is 9.59 Å². The van der Waals surface area contributed by atoms with Crippen LogP contribution in [0.25, 0.3) is 10.2 Å². The lowest BCUT2D eigenvalue weighted by molar-refractivity contribution is -0.143. The molecule has 2 rings (SSSR count). The Morgan fingerprint density at radius 1 is 1.43 bits per heavy atom. The minimum atomic E-state index is -1.03. The number of benzene rings is 1. The number of aromatic nitrogens is 1. The van der Waals surface area contributed by atoms with E-state index in [1.54, 1.807) is 0 Å². The highest BCUT2D eigenvalue weighted by molar-refractivity contribution is 8.01. The Kier molecular flexibility index (Phi) is 5.35. The van der Waals surface area contributed by atoms with Crippen molar-refractivity contribution >= 4 is 45.2 Å². The number of amides is 1. The van der Waals surface area contributed by atoms with Gasteiger partial charge < -0.3 is 10.0 Å². The predicted octanol–water partition coefficient (Wildman–Crippen LogP) is 2.49. The molecule has 0 spiro atoms. The summed E-state index contributed by atoms with van der Waals surface area (Å²) in [5.41, 5.74) is 0.908. The van der Waals surface area contributed by atoms with E-state index in [4.69, 9.17) is 5.11 Å². The second-order valence-corrected chi connectivity index (χ2v) is 6.45. The Morgan fingerprint density at radius 3 is 2.86 bits per heavy atom. The fourth-order valence-electron chi connectivity index (χ4n) is 1.70. The first-order valence-electron chi connectivity index (χ1n) is 6.19. The van der Waals surface area contributed by atoms with Gasteiger partial charge in [-0.3, -0.25) is 9.59 Å². The molecule has 1 N–H and O–H groups in total. The molecular weight excluding hydrogens is 308 g/mol. The van der Waals surface area contributed by atoms with Crippen LogP contribution in [-0.4, -0.2) is 45.7 Å². The maximum Gasteiger partial charge on any atom is 0.323 e. The molecule has 0 atom stereocenters. The fraction of sp³-hybridized carbons (Fsp3) is 0.214. The molecule has 1 amide bonds. The van der Waals surface area contributed by atoms with Crippen molar-refractivity contribution in [3.63, 3.8) is 0 Å². The van der Waals surface area contributed by atoms with Crippen molar-refractivity contribution < 1.29 is 14.7 Å². The zero-order valence-corrected chi connectivity index (χ0v) is 12.8. The van der Waals surface area contributed by atoms with Crippen LogP contribution < -0.4 is 0 Å². The van der Waals surface area contributed by atoms with Crippen LogP contribution in [0.1, 0.15) is 0 Å². The number of carboxylic acids is 1. The SMILES string of the molecule is C=CCN(CC(=O)O)C(=O)CSc1nc2ccccc2s1. The van der Waals surface area contributed by atoms with Gasteiger partial charge in [0.1, 0.15) is 6.54 Å². The van der Waals surface area contributed by atoms with E-state index in [9.17, 15) is 9.59 Å². The van der Waals surface area contributed by atoms with Gasteiger partial charge in [0.15, 0.2) is 4.34 Å². The number of hydrogen-bond donors (Lipinski definition) is 1. The molecule has 0 fully saturated rings. The minimum Gasteiger partial charge on any atom is -0.480 e. The van der Waals surface area contributed by atoms with Gasteiger partial charge in [-0.15, -0.1) is 17.9 Å². The van der Waals surface area contributed by atoms with Crippen LogP contribution >= 0.6 is 23.1 Å². The number of nitrogens with zero attached hydrogens (tertiary/aromatic N) is 2. The Bertz CT molecular complexity index is 636. The molecule has 0 saturated heterocycles. The molecular formula is C14H14N2O3S2. The van der Waals surface area contributed by atoms with Crippen molar-refractivity contribution in [2.75, 3.05) is 18.8 Å². The molecule has 2 aromatic rings. The molecule has 5 nitrogen and oxygen atoms in total. The molecule has 0 radical (unpaired) electrons. The van der Waals surface area contributed by atoms with Crippen molar-refractivity contribution in [3.05, 3.63) is 36.9 Å². The number of rotatable bonds is 7. The summed E-state index contributed by atoms with van der Waals surface area (Å²) in [6.45, 7) is 3.45. The summed E-state index contributed by atoms with van der Waals surface area (Å²) in [5, 5.41) is 8.79. The quantitative estimate of drug-likeness (QED) is 0.626. The van der Waals surface area contributed by atoms with Crippen molar-refractivity contribution in [2.45, 2.75) is 4.34 Å². The van der Waals surface area contributed by atoms with Gasteiger partial charge in [-0.05, 0) is 12.1 Å². The van der Waals surface area contributed by atoms with Crippen molar-refractivity contribution in [2.24, 2.45) is 0 Å². The fourth-order valence-corrected chi connectivity index (χ4v) is 3.67. The largest absolute Gasteiger partial charge is 0.480 e. The summed E-state index contributed by atoms with van der Waals surface area (Å²) in [7, 11) is 0. The van der Waals surface area contributed by atoms with Gasteiger partial charge in [0.2, 0.25) is 5.91 Å². The van der Waals surface area contributed by atoms with Crippen LogP contribution in [0.15, 0.2) is 41.3 Å². The molecule has 1 aromatic heterocycles.